The van der Waals surface area contributed by atoms with Gasteiger partial charge in [0.05, 0.1) is 13.2 Å². The average molecular weight is 273 g/mol. The summed E-state index contributed by atoms with van der Waals surface area (Å²) in [7, 11) is 3.13. The van der Waals surface area contributed by atoms with Crippen molar-refractivity contribution in [1.29, 1.82) is 0 Å². The molecule has 0 aromatic heterocycles. The van der Waals surface area contributed by atoms with Gasteiger partial charge in [-0.2, -0.15) is 0 Å². The van der Waals surface area contributed by atoms with Crippen LogP contribution in [0.2, 0.25) is 0 Å². The Hall–Kier alpha value is -1.18. The summed E-state index contributed by atoms with van der Waals surface area (Å²) in [6, 6.07) is 0. The van der Waals surface area contributed by atoms with Gasteiger partial charge in [-0.15, -0.1) is 0 Å². The first-order valence-corrected chi connectivity index (χ1v) is 6.43. The Kier molecular flexibility index (Phi) is 7.39. The maximum Gasteiger partial charge on any atom is 0.248 e. The lowest BCUT2D eigenvalue weighted by atomic mass is 10.3. The second kappa shape index (κ2) is 8.84. The molecule has 2 amide bonds. The summed E-state index contributed by atoms with van der Waals surface area (Å²) in [5.41, 5.74) is 0. The number of rotatable bonds is 7. The zero-order valence-corrected chi connectivity index (χ0v) is 11.7. The second-order valence-corrected chi connectivity index (χ2v) is 4.36. The van der Waals surface area contributed by atoms with Crippen LogP contribution in [0.5, 0.6) is 0 Å². The first-order chi connectivity index (χ1) is 9.19. The fourth-order valence-electron chi connectivity index (χ4n) is 1.90. The molecule has 0 aliphatic carbocycles. The van der Waals surface area contributed by atoms with Crippen LogP contribution in [0.4, 0.5) is 0 Å². The van der Waals surface area contributed by atoms with Gasteiger partial charge in [-0.05, 0) is 0 Å². The Bertz CT molecular complexity index is 291. The molecule has 1 aliphatic heterocycles. The van der Waals surface area contributed by atoms with E-state index < -0.39 is 0 Å². The van der Waals surface area contributed by atoms with Crippen molar-refractivity contribution in [2.24, 2.45) is 0 Å². The Morgan fingerprint density at radius 1 is 1.00 bits per heavy atom. The molecule has 7 heteroatoms. The number of methoxy groups -OCH3 is 2. The van der Waals surface area contributed by atoms with Crippen LogP contribution in [0.15, 0.2) is 0 Å². The molecule has 19 heavy (non-hydrogen) atoms. The summed E-state index contributed by atoms with van der Waals surface area (Å²) in [6.45, 7) is 3.99. The smallest absolute Gasteiger partial charge is 0.248 e. The van der Waals surface area contributed by atoms with Crippen molar-refractivity contribution in [3.63, 3.8) is 0 Å². The molecule has 1 saturated heterocycles. The van der Waals surface area contributed by atoms with Crippen molar-refractivity contribution in [2.75, 3.05) is 66.7 Å². The van der Waals surface area contributed by atoms with E-state index >= 15 is 0 Å². The van der Waals surface area contributed by atoms with Gasteiger partial charge in [-0.3, -0.25) is 9.59 Å². The van der Waals surface area contributed by atoms with Crippen molar-refractivity contribution >= 4 is 11.8 Å². The molecule has 0 saturated carbocycles. The Balaban J connectivity index is 2.21. The predicted octanol–water partition coefficient (Wildman–Crippen LogP) is -1.46. The van der Waals surface area contributed by atoms with Crippen molar-refractivity contribution in [3.8, 4) is 0 Å². The van der Waals surface area contributed by atoms with Gasteiger partial charge in [-0.25, -0.2) is 0 Å². The van der Waals surface area contributed by atoms with E-state index in [1.54, 1.807) is 16.9 Å². The van der Waals surface area contributed by atoms with Crippen molar-refractivity contribution in [3.05, 3.63) is 0 Å². The summed E-state index contributed by atoms with van der Waals surface area (Å²) < 4.78 is 9.70. The topological polar surface area (TPSA) is 71.1 Å². The molecule has 1 fully saturated rings. The molecule has 0 bridgehead atoms. The third-order valence-corrected chi connectivity index (χ3v) is 3.01. The van der Waals surface area contributed by atoms with E-state index in [0.29, 0.717) is 45.9 Å². The number of carbonyl (C=O) groups excluding carboxylic acids is 2. The van der Waals surface area contributed by atoms with Gasteiger partial charge in [0, 0.05) is 46.9 Å². The molecule has 1 aliphatic rings. The first kappa shape index (κ1) is 15.9. The minimum absolute atomic E-state index is 0.0205. The number of piperazine rings is 1. The molecule has 1 heterocycles. The number of nitrogens with one attached hydrogen (secondary N) is 1. The van der Waals surface area contributed by atoms with E-state index in [4.69, 9.17) is 9.47 Å². The highest BCUT2D eigenvalue weighted by Crippen LogP contribution is 2.02. The van der Waals surface area contributed by atoms with E-state index in [9.17, 15) is 9.59 Å². The summed E-state index contributed by atoms with van der Waals surface area (Å²) in [6.07, 6.45) is 0. The van der Waals surface area contributed by atoms with Crippen molar-refractivity contribution < 1.29 is 19.1 Å². The molecule has 7 nitrogen and oxygen atoms in total. The zero-order chi connectivity index (χ0) is 14.1. The second-order valence-electron chi connectivity index (χ2n) is 4.36. The van der Waals surface area contributed by atoms with Crippen LogP contribution >= 0.6 is 0 Å². The minimum atomic E-state index is -0.0205. The molecular weight excluding hydrogens is 250 g/mol. The highest BCUT2D eigenvalue weighted by molar-refractivity contribution is 5.80. The molecule has 0 aromatic rings. The van der Waals surface area contributed by atoms with Gasteiger partial charge in [0.1, 0.15) is 6.61 Å². The van der Waals surface area contributed by atoms with Gasteiger partial charge in [0.2, 0.25) is 11.8 Å². The maximum atomic E-state index is 11.9. The third-order valence-electron chi connectivity index (χ3n) is 3.01. The number of hydrogen-bond acceptors (Lipinski definition) is 5. The first-order valence-electron chi connectivity index (χ1n) is 6.43. The van der Waals surface area contributed by atoms with Crippen molar-refractivity contribution in [2.45, 2.75) is 0 Å². The maximum absolute atomic E-state index is 11.9. The summed E-state index contributed by atoms with van der Waals surface area (Å²) in [5, 5.41) is 3.02. The summed E-state index contributed by atoms with van der Waals surface area (Å²) in [5.74, 6) is 0.0442. The largest absolute Gasteiger partial charge is 0.383 e. The van der Waals surface area contributed by atoms with Gasteiger partial charge in [0.15, 0.2) is 0 Å². The van der Waals surface area contributed by atoms with E-state index in [1.165, 1.54) is 7.11 Å². The lowest BCUT2D eigenvalue weighted by molar-refractivity contribution is -0.141. The van der Waals surface area contributed by atoms with E-state index in [2.05, 4.69) is 5.32 Å². The van der Waals surface area contributed by atoms with Crippen LogP contribution in [0.3, 0.4) is 0 Å². The fraction of sp³-hybridized carbons (Fsp3) is 0.833. The fourth-order valence-corrected chi connectivity index (χ4v) is 1.90. The minimum Gasteiger partial charge on any atom is -0.383 e. The van der Waals surface area contributed by atoms with Crippen LogP contribution in [-0.2, 0) is 19.1 Å². The number of hydrogen-bond donors (Lipinski definition) is 1. The SMILES string of the molecule is COCCNCC(=O)N1CCN(C(=O)COC)CC1. The average Bonchev–Trinajstić information content (AvgIpc) is 2.44. The van der Waals surface area contributed by atoms with E-state index in [-0.39, 0.29) is 18.4 Å². The molecule has 0 atom stereocenters. The zero-order valence-electron chi connectivity index (χ0n) is 11.7. The number of amides is 2. The van der Waals surface area contributed by atoms with Gasteiger partial charge in [-0.1, -0.05) is 0 Å². The summed E-state index contributed by atoms with van der Waals surface area (Å²) >= 11 is 0. The molecular formula is C12H23N3O4. The molecule has 0 radical (unpaired) electrons. The Morgan fingerprint density at radius 3 is 2.11 bits per heavy atom. The third kappa shape index (κ3) is 5.54. The lowest BCUT2D eigenvalue weighted by Gasteiger charge is -2.34. The standard InChI is InChI=1S/C12H23N3O4/c1-18-8-3-13-9-11(16)14-4-6-15(7-5-14)12(17)10-19-2/h13H,3-10H2,1-2H3. The Morgan fingerprint density at radius 2 is 1.58 bits per heavy atom. The molecule has 0 unspecified atom stereocenters. The summed E-state index contributed by atoms with van der Waals surface area (Å²) in [4.78, 5) is 26.9. The van der Waals surface area contributed by atoms with Crippen LogP contribution in [-0.4, -0.2) is 88.3 Å². The molecule has 0 spiro atoms. The van der Waals surface area contributed by atoms with Crippen LogP contribution < -0.4 is 5.32 Å². The number of nitrogens with zero attached hydrogens (tertiary/aromatic N) is 2. The number of carbonyl (C=O) groups is 2. The predicted molar refractivity (Wildman–Crippen MR) is 69.8 cm³/mol. The van der Waals surface area contributed by atoms with E-state index in [0.717, 1.165) is 0 Å². The van der Waals surface area contributed by atoms with Gasteiger partial charge in [0.25, 0.3) is 0 Å². The van der Waals surface area contributed by atoms with Crippen LogP contribution in [0.1, 0.15) is 0 Å². The van der Waals surface area contributed by atoms with Crippen LogP contribution in [0.25, 0.3) is 0 Å². The molecule has 1 rings (SSSR count). The lowest BCUT2D eigenvalue weighted by Crippen LogP contribution is -2.53. The van der Waals surface area contributed by atoms with Crippen molar-refractivity contribution in [1.82, 2.24) is 15.1 Å². The normalized spacial score (nSPS) is 15.7. The number of ether oxygens (including phenoxy) is 2. The highest BCUT2D eigenvalue weighted by atomic mass is 16.5. The van der Waals surface area contributed by atoms with Gasteiger partial charge >= 0.3 is 0 Å². The molecule has 0 aromatic carbocycles. The molecule has 110 valence electrons. The van der Waals surface area contributed by atoms with Gasteiger partial charge < -0.3 is 24.6 Å². The molecule has 1 N–H and O–H groups in total. The quantitative estimate of drug-likeness (QED) is 0.574. The van der Waals surface area contributed by atoms with E-state index in [1.807, 2.05) is 0 Å². The van der Waals surface area contributed by atoms with Crippen LogP contribution in [0, 0.1) is 0 Å². The monoisotopic (exact) mass is 273 g/mol. The highest BCUT2D eigenvalue weighted by Gasteiger charge is 2.23. The Labute approximate surface area is 113 Å².